The molecule has 3 nitrogen and oxygen atoms in total. The smallest absolute Gasteiger partial charge is 0.159 e. The summed E-state index contributed by atoms with van der Waals surface area (Å²) in [6.07, 6.45) is 2.07. The molecule has 1 heterocycles. The number of benzene rings is 3. The van der Waals surface area contributed by atoms with Gasteiger partial charge in [-0.2, -0.15) is 0 Å². The third-order valence-electron chi connectivity index (χ3n) is 5.89. The minimum atomic E-state index is 0.929. The minimum Gasteiger partial charge on any atom is -0.354 e. The van der Waals surface area contributed by atoms with E-state index in [0.717, 1.165) is 37.4 Å². The van der Waals surface area contributed by atoms with E-state index in [1.54, 1.807) is 0 Å². The van der Waals surface area contributed by atoms with Gasteiger partial charge >= 0.3 is 0 Å². The van der Waals surface area contributed by atoms with E-state index in [1.807, 2.05) is 0 Å². The Balaban J connectivity index is 1.78. The summed E-state index contributed by atoms with van der Waals surface area (Å²) >= 11 is 0. The van der Waals surface area contributed by atoms with Crippen molar-refractivity contribution in [1.29, 1.82) is 0 Å². The summed E-state index contributed by atoms with van der Waals surface area (Å²) in [5, 5.41) is 11.9. The lowest BCUT2D eigenvalue weighted by atomic mass is 9.94. The Bertz CT molecular complexity index is 1160. The number of anilines is 1. The van der Waals surface area contributed by atoms with Crippen LogP contribution in [0, 0.1) is 20.8 Å². The topological polar surface area (TPSA) is 29.0 Å². The van der Waals surface area contributed by atoms with Gasteiger partial charge in [-0.3, -0.25) is 0 Å². The van der Waals surface area contributed by atoms with Crippen LogP contribution < -0.4 is 4.90 Å². The highest BCUT2D eigenvalue weighted by Crippen LogP contribution is 2.35. The van der Waals surface area contributed by atoms with Gasteiger partial charge in [-0.25, -0.2) is 0 Å². The zero-order valence-electron chi connectivity index (χ0n) is 19.0. The molecule has 1 aromatic heterocycles. The second-order valence-corrected chi connectivity index (χ2v) is 8.41. The van der Waals surface area contributed by atoms with Crippen molar-refractivity contribution in [3.63, 3.8) is 0 Å². The van der Waals surface area contributed by atoms with Crippen molar-refractivity contribution in [2.75, 3.05) is 18.0 Å². The molecule has 0 spiro atoms. The van der Waals surface area contributed by atoms with Crippen LogP contribution in [0.5, 0.6) is 0 Å². The maximum atomic E-state index is 4.80. The van der Waals surface area contributed by atoms with Gasteiger partial charge in [0.25, 0.3) is 0 Å². The summed E-state index contributed by atoms with van der Waals surface area (Å²) < 4.78 is 0. The number of hydrogen-bond donors (Lipinski definition) is 0. The van der Waals surface area contributed by atoms with E-state index in [9.17, 15) is 0 Å². The van der Waals surface area contributed by atoms with Gasteiger partial charge in [0.05, 0.1) is 0 Å². The normalized spacial score (nSPS) is 11.1. The van der Waals surface area contributed by atoms with Crippen LogP contribution in [0.4, 0.5) is 5.82 Å². The number of aryl methyl sites for hydroxylation is 3. The second-order valence-electron chi connectivity index (χ2n) is 8.41. The molecule has 4 rings (SSSR count). The summed E-state index contributed by atoms with van der Waals surface area (Å²) in [4.78, 5) is 2.39. The molecule has 0 bridgehead atoms. The Hall–Kier alpha value is -3.20. The summed E-state index contributed by atoms with van der Waals surface area (Å²) in [5.41, 5.74) is 7.31. The van der Waals surface area contributed by atoms with Crippen molar-refractivity contribution < 1.29 is 0 Å². The summed E-state index contributed by atoms with van der Waals surface area (Å²) in [6.45, 7) is 10.6. The number of hydrogen-bond acceptors (Lipinski definition) is 3. The second kappa shape index (κ2) is 9.30. The third-order valence-corrected chi connectivity index (χ3v) is 5.89. The highest BCUT2D eigenvalue weighted by molar-refractivity contribution is 6.01. The van der Waals surface area contributed by atoms with Crippen LogP contribution >= 0.6 is 0 Å². The number of aromatic nitrogens is 2. The molecule has 0 aliphatic heterocycles. The molecule has 0 atom stereocenters. The van der Waals surface area contributed by atoms with Crippen molar-refractivity contribution in [2.45, 2.75) is 40.5 Å². The van der Waals surface area contributed by atoms with Crippen LogP contribution in [0.2, 0.25) is 0 Å². The van der Waals surface area contributed by atoms with Crippen molar-refractivity contribution in [3.05, 3.63) is 89.0 Å². The molecule has 0 saturated carbocycles. The lowest BCUT2D eigenvalue weighted by molar-refractivity contribution is 0.740. The van der Waals surface area contributed by atoms with Crippen molar-refractivity contribution >= 4 is 16.6 Å². The zero-order chi connectivity index (χ0) is 21.8. The van der Waals surface area contributed by atoms with Gasteiger partial charge in [0.15, 0.2) is 5.82 Å². The van der Waals surface area contributed by atoms with Crippen LogP contribution in [0.25, 0.3) is 22.0 Å². The predicted molar refractivity (Wildman–Crippen MR) is 132 cm³/mol. The van der Waals surface area contributed by atoms with Gasteiger partial charge in [0.1, 0.15) is 5.69 Å². The molecular formula is C28H31N3. The molecule has 0 unspecified atom stereocenters. The fraction of sp³-hybridized carbons (Fsp3) is 0.286. The molecule has 0 amide bonds. The lowest BCUT2D eigenvalue weighted by Gasteiger charge is -2.25. The van der Waals surface area contributed by atoms with Crippen LogP contribution in [0.15, 0.2) is 66.7 Å². The van der Waals surface area contributed by atoms with Crippen molar-refractivity contribution in [3.8, 4) is 11.3 Å². The average molecular weight is 410 g/mol. The van der Waals surface area contributed by atoms with E-state index < -0.39 is 0 Å². The van der Waals surface area contributed by atoms with Gasteiger partial charge in [-0.1, -0.05) is 79.2 Å². The predicted octanol–water partition coefficient (Wildman–Crippen LogP) is 6.68. The maximum absolute atomic E-state index is 4.80. The largest absolute Gasteiger partial charge is 0.354 e. The Morgan fingerprint density at radius 1 is 0.742 bits per heavy atom. The number of rotatable bonds is 7. The van der Waals surface area contributed by atoms with E-state index in [1.165, 1.54) is 38.6 Å². The van der Waals surface area contributed by atoms with Crippen LogP contribution in [0.1, 0.15) is 35.6 Å². The van der Waals surface area contributed by atoms with E-state index >= 15 is 0 Å². The maximum Gasteiger partial charge on any atom is 0.159 e. The SMILES string of the molecule is CCCN(CCc1ccccc1)c1nnc(-c2c(C)cc(C)cc2C)c2ccccc12. The van der Waals surface area contributed by atoms with Crippen LogP contribution in [0.3, 0.4) is 0 Å². The molecule has 0 aliphatic rings. The van der Waals surface area contributed by atoms with Crippen LogP contribution in [-0.4, -0.2) is 23.3 Å². The molecule has 31 heavy (non-hydrogen) atoms. The highest BCUT2D eigenvalue weighted by Gasteiger charge is 2.18. The first kappa shape index (κ1) is 21.0. The molecule has 158 valence electrons. The first-order valence-corrected chi connectivity index (χ1v) is 11.2. The zero-order valence-corrected chi connectivity index (χ0v) is 19.0. The minimum absolute atomic E-state index is 0.929. The Morgan fingerprint density at radius 3 is 2.06 bits per heavy atom. The van der Waals surface area contributed by atoms with E-state index in [2.05, 4.69) is 99.3 Å². The van der Waals surface area contributed by atoms with Gasteiger partial charge in [0.2, 0.25) is 0 Å². The highest BCUT2D eigenvalue weighted by atomic mass is 15.3. The number of nitrogens with zero attached hydrogens (tertiary/aromatic N) is 3. The van der Waals surface area contributed by atoms with Crippen molar-refractivity contribution in [1.82, 2.24) is 10.2 Å². The lowest BCUT2D eigenvalue weighted by Crippen LogP contribution is -2.28. The summed E-state index contributed by atoms with van der Waals surface area (Å²) in [5.74, 6) is 0.986. The summed E-state index contributed by atoms with van der Waals surface area (Å²) in [7, 11) is 0. The monoisotopic (exact) mass is 409 g/mol. The first-order valence-electron chi connectivity index (χ1n) is 11.2. The number of fused-ring (bicyclic) bond motifs is 1. The Kier molecular flexibility index (Phi) is 6.31. The van der Waals surface area contributed by atoms with Crippen molar-refractivity contribution in [2.24, 2.45) is 0 Å². The average Bonchev–Trinajstić information content (AvgIpc) is 2.77. The fourth-order valence-electron chi connectivity index (χ4n) is 4.56. The molecule has 3 aromatic carbocycles. The van der Waals surface area contributed by atoms with Gasteiger partial charge < -0.3 is 4.90 Å². The molecule has 0 saturated heterocycles. The van der Waals surface area contributed by atoms with E-state index in [4.69, 9.17) is 10.2 Å². The van der Waals surface area contributed by atoms with Gasteiger partial charge in [0, 0.05) is 29.4 Å². The third kappa shape index (κ3) is 4.46. The molecule has 3 heteroatoms. The Morgan fingerprint density at radius 2 is 1.39 bits per heavy atom. The summed E-state index contributed by atoms with van der Waals surface area (Å²) in [6, 6.07) is 23.7. The molecule has 0 aliphatic carbocycles. The fourth-order valence-corrected chi connectivity index (χ4v) is 4.56. The van der Waals surface area contributed by atoms with E-state index in [0.29, 0.717) is 0 Å². The molecule has 0 N–H and O–H groups in total. The quantitative estimate of drug-likeness (QED) is 0.341. The van der Waals surface area contributed by atoms with Gasteiger partial charge in [-0.05, 0) is 50.3 Å². The van der Waals surface area contributed by atoms with Gasteiger partial charge in [-0.15, -0.1) is 10.2 Å². The van der Waals surface area contributed by atoms with Crippen LogP contribution in [-0.2, 0) is 6.42 Å². The molecule has 0 fully saturated rings. The van der Waals surface area contributed by atoms with E-state index in [-0.39, 0.29) is 0 Å². The standard InChI is InChI=1S/C28H31N3/c1-5-16-31(17-15-23-11-7-6-8-12-23)28-25-14-10-9-13-24(25)27(29-30-28)26-21(3)18-20(2)19-22(26)4/h6-14,18-19H,5,15-17H2,1-4H3. The molecule has 4 aromatic rings. The molecular weight excluding hydrogens is 378 g/mol. The Labute approximate surface area is 185 Å². The molecule has 0 radical (unpaired) electrons. The first-order chi connectivity index (χ1) is 15.1.